The van der Waals surface area contributed by atoms with Crippen LogP contribution in [0.1, 0.15) is 12.0 Å². The first-order valence-corrected chi connectivity index (χ1v) is 8.35. The fraction of sp³-hybridized carbons (Fsp3) is 0.412. The maximum absolute atomic E-state index is 13.1. The highest BCUT2D eigenvalue weighted by Gasteiger charge is 2.14. The van der Waals surface area contributed by atoms with Gasteiger partial charge in [0.1, 0.15) is 5.82 Å². The summed E-state index contributed by atoms with van der Waals surface area (Å²) in [4.78, 5) is 16.8. The fourth-order valence-electron chi connectivity index (χ4n) is 2.83. The number of aromatic nitrogens is 2. The quantitative estimate of drug-likeness (QED) is 0.851. The Morgan fingerprint density at radius 3 is 2.79 bits per heavy atom. The summed E-state index contributed by atoms with van der Waals surface area (Å²) in [5.41, 5.74) is 1.32. The fourth-order valence-corrected chi connectivity index (χ4v) is 3.06. The van der Waals surface area contributed by atoms with E-state index in [1.165, 1.54) is 16.8 Å². The Morgan fingerprint density at radius 1 is 1.21 bits per heavy atom. The van der Waals surface area contributed by atoms with Crippen molar-refractivity contribution in [3.8, 4) is 0 Å². The molecule has 0 bridgehead atoms. The Hall–Kier alpha value is -1.92. The van der Waals surface area contributed by atoms with Gasteiger partial charge in [-0.25, -0.2) is 9.07 Å². The lowest BCUT2D eigenvalue weighted by Crippen LogP contribution is -2.31. The Bertz CT molecular complexity index is 779. The number of hydrogen-bond donors (Lipinski definition) is 0. The zero-order valence-corrected chi connectivity index (χ0v) is 14.3. The second-order valence-electron chi connectivity index (χ2n) is 6.09. The third-order valence-corrected chi connectivity index (χ3v) is 4.63. The van der Waals surface area contributed by atoms with E-state index in [1.54, 1.807) is 18.3 Å². The number of rotatable bonds is 3. The van der Waals surface area contributed by atoms with Gasteiger partial charge in [-0.2, -0.15) is 5.10 Å². The molecule has 2 heterocycles. The highest BCUT2D eigenvalue weighted by Crippen LogP contribution is 2.18. The maximum Gasteiger partial charge on any atom is 0.269 e. The summed E-state index contributed by atoms with van der Waals surface area (Å²) < 4.78 is 14.4. The molecule has 3 rings (SSSR count). The average molecular weight is 351 g/mol. The van der Waals surface area contributed by atoms with E-state index in [4.69, 9.17) is 11.6 Å². The van der Waals surface area contributed by atoms with Gasteiger partial charge in [0.2, 0.25) is 0 Å². The van der Waals surface area contributed by atoms with Gasteiger partial charge in [0.15, 0.2) is 0 Å². The number of hydrogen-bond acceptors (Lipinski definition) is 4. The lowest BCUT2D eigenvalue weighted by atomic mass is 10.2. The van der Waals surface area contributed by atoms with Crippen LogP contribution in [0.2, 0.25) is 5.02 Å². The van der Waals surface area contributed by atoms with E-state index in [1.807, 2.05) is 0 Å². The molecule has 0 radical (unpaired) electrons. The Balaban J connectivity index is 1.78. The summed E-state index contributed by atoms with van der Waals surface area (Å²) in [5.74, 6) is -0.398. The van der Waals surface area contributed by atoms with Gasteiger partial charge in [0.05, 0.1) is 18.4 Å². The van der Waals surface area contributed by atoms with E-state index < -0.39 is 5.82 Å². The largest absolute Gasteiger partial charge is 0.369 e. The summed E-state index contributed by atoms with van der Waals surface area (Å²) in [5, 5.41) is 4.55. The summed E-state index contributed by atoms with van der Waals surface area (Å²) in [6.45, 7) is 4.05. The Labute approximate surface area is 145 Å². The van der Waals surface area contributed by atoms with Gasteiger partial charge >= 0.3 is 0 Å². The van der Waals surface area contributed by atoms with Crippen LogP contribution in [-0.2, 0) is 6.54 Å². The van der Waals surface area contributed by atoms with Crippen LogP contribution in [0.3, 0.4) is 0 Å². The average Bonchev–Trinajstić information content (AvgIpc) is 2.76. The van der Waals surface area contributed by atoms with Crippen LogP contribution in [0.15, 0.2) is 35.3 Å². The number of halogens is 2. The van der Waals surface area contributed by atoms with E-state index in [9.17, 15) is 9.18 Å². The maximum atomic E-state index is 13.1. The predicted molar refractivity (Wildman–Crippen MR) is 93.3 cm³/mol. The van der Waals surface area contributed by atoms with E-state index in [0.717, 1.165) is 38.3 Å². The van der Waals surface area contributed by atoms with Crippen molar-refractivity contribution in [2.24, 2.45) is 0 Å². The van der Waals surface area contributed by atoms with E-state index in [-0.39, 0.29) is 12.1 Å². The molecule has 0 atom stereocenters. The molecule has 7 heteroatoms. The summed E-state index contributed by atoms with van der Waals surface area (Å²) in [6, 6.07) is 5.75. The molecule has 0 N–H and O–H groups in total. The third-order valence-electron chi connectivity index (χ3n) is 4.28. The van der Waals surface area contributed by atoms with Crippen LogP contribution in [0.5, 0.6) is 0 Å². The first kappa shape index (κ1) is 16.9. The molecule has 1 saturated heterocycles. The van der Waals surface area contributed by atoms with Crippen molar-refractivity contribution < 1.29 is 4.39 Å². The second kappa shape index (κ2) is 7.32. The van der Waals surface area contributed by atoms with Gasteiger partial charge in [-0.1, -0.05) is 17.7 Å². The molecule has 0 spiro atoms. The summed E-state index contributed by atoms with van der Waals surface area (Å²) in [7, 11) is 2.10. The Morgan fingerprint density at radius 2 is 2.04 bits per heavy atom. The first-order chi connectivity index (χ1) is 11.5. The molecule has 1 aliphatic heterocycles. The molecule has 0 unspecified atom stereocenters. The van der Waals surface area contributed by atoms with Gasteiger partial charge in [0, 0.05) is 30.7 Å². The van der Waals surface area contributed by atoms with Crippen molar-refractivity contribution in [2.75, 3.05) is 38.1 Å². The Kier molecular flexibility index (Phi) is 5.16. The lowest BCUT2D eigenvalue weighted by molar-refractivity contribution is 0.360. The zero-order chi connectivity index (χ0) is 17.1. The van der Waals surface area contributed by atoms with Gasteiger partial charge in [0.25, 0.3) is 5.56 Å². The van der Waals surface area contributed by atoms with Gasteiger partial charge in [-0.15, -0.1) is 0 Å². The SMILES string of the molecule is CN1CCCN(c2cnn(Cc3ccc(F)cc3Cl)c(=O)c2)CC1. The zero-order valence-electron chi connectivity index (χ0n) is 13.6. The van der Waals surface area contributed by atoms with Crippen molar-refractivity contribution in [2.45, 2.75) is 13.0 Å². The highest BCUT2D eigenvalue weighted by atomic mass is 35.5. The highest BCUT2D eigenvalue weighted by molar-refractivity contribution is 6.31. The van der Waals surface area contributed by atoms with Crippen LogP contribution in [0, 0.1) is 5.82 Å². The topological polar surface area (TPSA) is 41.4 Å². The van der Waals surface area contributed by atoms with Crippen LogP contribution < -0.4 is 10.5 Å². The van der Waals surface area contributed by atoms with E-state index in [2.05, 4.69) is 21.9 Å². The first-order valence-electron chi connectivity index (χ1n) is 7.97. The smallest absolute Gasteiger partial charge is 0.269 e. The van der Waals surface area contributed by atoms with Gasteiger partial charge in [-0.3, -0.25) is 4.79 Å². The van der Waals surface area contributed by atoms with Crippen molar-refractivity contribution >= 4 is 17.3 Å². The van der Waals surface area contributed by atoms with Crippen molar-refractivity contribution in [3.05, 3.63) is 57.2 Å². The molecule has 24 heavy (non-hydrogen) atoms. The summed E-state index contributed by atoms with van der Waals surface area (Å²) >= 11 is 6.02. The van der Waals surface area contributed by atoms with Crippen LogP contribution in [0.4, 0.5) is 10.1 Å². The van der Waals surface area contributed by atoms with Crippen LogP contribution >= 0.6 is 11.6 Å². The molecule has 0 aliphatic carbocycles. The number of anilines is 1. The van der Waals surface area contributed by atoms with Gasteiger partial charge in [-0.05, 0) is 37.7 Å². The normalized spacial score (nSPS) is 16.2. The van der Waals surface area contributed by atoms with Crippen LogP contribution in [-0.4, -0.2) is 47.9 Å². The van der Waals surface area contributed by atoms with Gasteiger partial charge < -0.3 is 9.80 Å². The number of nitrogens with zero attached hydrogens (tertiary/aromatic N) is 4. The minimum atomic E-state index is -0.398. The molecule has 0 saturated carbocycles. The van der Waals surface area contributed by atoms with E-state index in [0.29, 0.717) is 10.6 Å². The molecule has 1 aliphatic rings. The monoisotopic (exact) mass is 350 g/mol. The lowest BCUT2D eigenvalue weighted by Gasteiger charge is -2.22. The third kappa shape index (κ3) is 3.94. The molecule has 1 aromatic heterocycles. The molecule has 2 aromatic rings. The second-order valence-corrected chi connectivity index (χ2v) is 6.50. The molecule has 1 fully saturated rings. The molecule has 1 aromatic carbocycles. The van der Waals surface area contributed by atoms with Crippen LogP contribution in [0.25, 0.3) is 0 Å². The molecular weight excluding hydrogens is 331 g/mol. The van der Waals surface area contributed by atoms with Crippen molar-refractivity contribution in [3.63, 3.8) is 0 Å². The van der Waals surface area contributed by atoms with Crippen molar-refractivity contribution in [1.82, 2.24) is 14.7 Å². The van der Waals surface area contributed by atoms with Crippen molar-refractivity contribution in [1.29, 1.82) is 0 Å². The number of likely N-dealkylation sites (N-methyl/N-ethyl adjacent to an activating group) is 1. The predicted octanol–water partition coefficient (Wildman–Crippen LogP) is 2.23. The molecule has 128 valence electrons. The minimum absolute atomic E-state index is 0.189. The standard InChI is InChI=1S/C17H20ClFN4O/c1-21-5-2-6-22(8-7-21)15-10-17(24)23(20-11-15)12-13-3-4-14(19)9-16(13)18/h3-4,9-11H,2,5-8,12H2,1H3. The molecule has 5 nitrogen and oxygen atoms in total. The minimum Gasteiger partial charge on any atom is -0.369 e. The molecular formula is C17H20ClFN4O. The number of benzene rings is 1. The van der Waals surface area contributed by atoms with E-state index >= 15 is 0 Å². The molecule has 0 amide bonds. The summed E-state index contributed by atoms with van der Waals surface area (Å²) in [6.07, 6.45) is 2.77.